The predicted octanol–water partition coefficient (Wildman–Crippen LogP) is 1.99. The zero-order valence-corrected chi connectivity index (χ0v) is 19.4. The molecule has 0 spiro atoms. The van der Waals surface area contributed by atoms with Crippen LogP contribution in [0.5, 0.6) is 5.75 Å². The number of halogens is 2. The summed E-state index contributed by atoms with van der Waals surface area (Å²) in [5.74, 6) is -0.875. The number of sulfone groups is 1. The Hall–Kier alpha value is -3.62. The monoisotopic (exact) mass is 508 g/mol. The van der Waals surface area contributed by atoms with E-state index in [4.69, 9.17) is 0 Å². The largest absolute Gasteiger partial charge is 0.434 e. The molecule has 0 amide bonds. The highest BCUT2D eigenvalue weighted by atomic mass is 32.2. The van der Waals surface area contributed by atoms with E-state index in [-0.39, 0.29) is 27.6 Å². The molecular formula is C21H22F2N6O5S. The van der Waals surface area contributed by atoms with Crippen LogP contribution in [0.2, 0.25) is 0 Å². The first-order chi connectivity index (χ1) is 16.5. The zero-order chi connectivity index (χ0) is 25.3. The number of aliphatic hydroxyl groups excluding tert-OH is 2. The number of benzene rings is 1. The Morgan fingerprint density at radius 3 is 2.74 bits per heavy atom. The standard InChI is InChI=1S/C21H22F2N6O5S/c1-12(30)11-35(32,33)13-4-5-17(34-21(22)23)14(8-13)18-16(10-28(2)27-18)26-20(31)15-9-25-29-7-3-6-24-19(15)29/h3-10,12,20-21,26,30-31H,11H2,1-2H3/t12-,20?/m1/s1. The van der Waals surface area contributed by atoms with Crippen molar-refractivity contribution in [1.29, 1.82) is 0 Å². The summed E-state index contributed by atoms with van der Waals surface area (Å²) in [5.41, 5.74) is 0.953. The maximum absolute atomic E-state index is 13.1. The molecule has 0 saturated carbocycles. The van der Waals surface area contributed by atoms with E-state index in [2.05, 4.69) is 25.2 Å². The minimum atomic E-state index is -3.94. The van der Waals surface area contributed by atoms with Crippen LogP contribution in [0.1, 0.15) is 18.7 Å². The summed E-state index contributed by atoms with van der Waals surface area (Å²) in [6, 6.07) is 5.03. The van der Waals surface area contributed by atoms with Crippen molar-refractivity contribution in [3.8, 4) is 17.0 Å². The summed E-state index contributed by atoms with van der Waals surface area (Å²) in [6.45, 7) is -1.85. The van der Waals surface area contributed by atoms with Crippen LogP contribution in [0.4, 0.5) is 14.5 Å². The van der Waals surface area contributed by atoms with E-state index in [9.17, 15) is 27.4 Å². The van der Waals surface area contributed by atoms with Crippen LogP contribution < -0.4 is 10.1 Å². The molecule has 3 N–H and O–H groups in total. The molecule has 4 aromatic rings. The van der Waals surface area contributed by atoms with Gasteiger partial charge in [-0.05, 0) is 31.2 Å². The lowest BCUT2D eigenvalue weighted by Crippen LogP contribution is -2.18. The number of anilines is 1. The van der Waals surface area contributed by atoms with E-state index < -0.39 is 34.5 Å². The Balaban J connectivity index is 1.77. The number of rotatable bonds is 9. The summed E-state index contributed by atoms with van der Waals surface area (Å²) in [4.78, 5) is 3.98. The van der Waals surface area contributed by atoms with Crippen molar-refractivity contribution in [1.82, 2.24) is 24.4 Å². The predicted molar refractivity (Wildman–Crippen MR) is 121 cm³/mol. The second-order valence-corrected chi connectivity index (χ2v) is 9.80. The number of hydrogen-bond acceptors (Lipinski definition) is 9. The number of aromatic nitrogens is 5. The van der Waals surface area contributed by atoms with Crippen LogP contribution in [0.3, 0.4) is 0 Å². The molecule has 0 bridgehead atoms. The fourth-order valence-corrected chi connectivity index (χ4v) is 4.96. The summed E-state index contributed by atoms with van der Waals surface area (Å²) in [7, 11) is -2.37. The molecule has 0 aliphatic carbocycles. The zero-order valence-electron chi connectivity index (χ0n) is 18.6. The van der Waals surface area contributed by atoms with Gasteiger partial charge in [0.1, 0.15) is 11.4 Å². The molecule has 0 fully saturated rings. The fourth-order valence-electron chi connectivity index (χ4n) is 3.56. The van der Waals surface area contributed by atoms with Gasteiger partial charge < -0.3 is 20.3 Å². The van der Waals surface area contributed by atoms with Crippen LogP contribution in [-0.2, 0) is 16.9 Å². The number of alkyl halides is 2. The molecule has 3 aromatic heterocycles. The SMILES string of the molecule is C[C@@H](O)CS(=O)(=O)c1ccc(OC(F)F)c(-c2nn(C)cc2NC(O)c2cnn3cccnc23)c1. The molecule has 4 rings (SSSR count). The van der Waals surface area contributed by atoms with Crippen LogP contribution >= 0.6 is 0 Å². The fraction of sp³-hybridized carbons (Fsp3) is 0.286. The van der Waals surface area contributed by atoms with Crippen LogP contribution in [-0.4, -0.2) is 61.5 Å². The molecule has 0 aliphatic heterocycles. The number of ether oxygens (including phenoxy) is 1. The number of aliphatic hydroxyl groups is 2. The molecule has 0 aliphatic rings. The molecular weight excluding hydrogens is 486 g/mol. The van der Waals surface area contributed by atoms with E-state index in [1.165, 1.54) is 34.7 Å². The third kappa shape index (κ3) is 5.23. The normalized spacial score (nSPS) is 13.8. The molecule has 186 valence electrons. The maximum Gasteiger partial charge on any atom is 0.387 e. The Kier molecular flexibility index (Phi) is 6.69. The third-order valence-corrected chi connectivity index (χ3v) is 6.86. The Morgan fingerprint density at radius 2 is 2.03 bits per heavy atom. The van der Waals surface area contributed by atoms with E-state index >= 15 is 0 Å². The molecule has 1 unspecified atom stereocenters. The number of hydrogen-bond donors (Lipinski definition) is 3. The number of nitrogens with zero attached hydrogens (tertiary/aromatic N) is 5. The van der Waals surface area contributed by atoms with Crippen molar-refractivity contribution in [3.05, 3.63) is 54.6 Å². The highest BCUT2D eigenvalue weighted by molar-refractivity contribution is 7.91. The Morgan fingerprint density at radius 1 is 1.26 bits per heavy atom. The van der Waals surface area contributed by atoms with Crippen molar-refractivity contribution in [2.75, 3.05) is 11.1 Å². The van der Waals surface area contributed by atoms with Crippen molar-refractivity contribution >= 4 is 21.2 Å². The van der Waals surface area contributed by atoms with Gasteiger partial charge in [-0.15, -0.1) is 0 Å². The highest BCUT2D eigenvalue weighted by Crippen LogP contribution is 2.38. The van der Waals surface area contributed by atoms with Gasteiger partial charge in [0.05, 0.1) is 34.2 Å². The first-order valence-corrected chi connectivity index (χ1v) is 12.0. The number of aryl methyl sites for hydroxylation is 1. The van der Waals surface area contributed by atoms with Gasteiger partial charge in [0.15, 0.2) is 21.7 Å². The smallest absolute Gasteiger partial charge is 0.387 e. The van der Waals surface area contributed by atoms with Gasteiger partial charge in [-0.25, -0.2) is 17.9 Å². The summed E-state index contributed by atoms with van der Waals surface area (Å²) < 4.78 is 59.0. The molecule has 2 atom stereocenters. The molecule has 11 nitrogen and oxygen atoms in total. The Labute approximate surface area is 198 Å². The lowest BCUT2D eigenvalue weighted by Gasteiger charge is -2.16. The quantitative estimate of drug-likeness (QED) is 0.289. The number of nitrogens with one attached hydrogen (secondary N) is 1. The highest BCUT2D eigenvalue weighted by Gasteiger charge is 2.25. The molecule has 0 radical (unpaired) electrons. The maximum atomic E-state index is 13.1. The van der Waals surface area contributed by atoms with Gasteiger partial charge in [-0.3, -0.25) is 4.68 Å². The molecule has 3 heterocycles. The first-order valence-electron chi connectivity index (χ1n) is 10.3. The van der Waals surface area contributed by atoms with Crippen molar-refractivity contribution in [3.63, 3.8) is 0 Å². The Bertz CT molecular complexity index is 1450. The van der Waals surface area contributed by atoms with Crippen LogP contribution in [0.25, 0.3) is 16.9 Å². The van der Waals surface area contributed by atoms with Crippen molar-refractivity contribution in [2.24, 2.45) is 7.05 Å². The minimum Gasteiger partial charge on any atom is -0.434 e. The van der Waals surface area contributed by atoms with Crippen molar-refractivity contribution in [2.45, 2.75) is 30.8 Å². The van der Waals surface area contributed by atoms with E-state index in [0.717, 1.165) is 18.2 Å². The minimum absolute atomic E-state index is 0.0507. The average molecular weight is 509 g/mol. The van der Waals surface area contributed by atoms with Crippen LogP contribution in [0.15, 0.2) is 53.9 Å². The van der Waals surface area contributed by atoms with E-state index in [1.54, 1.807) is 19.3 Å². The van der Waals surface area contributed by atoms with Crippen molar-refractivity contribution < 1.29 is 32.1 Å². The molecule has 14 heteroatoms. The second-order valence-electron chi connectivity index (χ2n) is 7.77. The molecule has 35 heavy (non-hydrogen) atoms. The molecule has 0 saturated heterocycles. The topological polar surface area (TPSA) is 144 Å². The average Bonchev–Trinajstić information content (AvgIpc) is 3.36. The van der Waals surface area contributed by atoms with Gasteiger partial charge in [-0.2, -0.15) is 19.0 Å². The summed E-state index contributed by atoms with van der Waals surface area (Å²) in [5, 5.41) is 31.6. The van der Waals surface area contributed by atoms with Gasteiger partial charge in [0, 0.05) is 31.2 Å². The van der Waals surface area contributed by atoms with Gasteiger partial charge >= 0.3 is 6.61 Å². The van der Waals surface area contributed by atoms with Crippen LogP contribution in [0, 0.1) is 0 Å². The van der Waals surface area contributed by atoms with Gasteiger partial charge in [0.2, 0.25) is 0 Å². The third-order valence-electron chi connectivity index (χ3n) is 4.96. The van der Waals surface area contributed by atoms with Gasteiger partial charge in [0.25, 0.3) is 0 Å². The number of fused-ring (bicyclic) bond motifs is 1. The van der Waals surface area contributed by atoms with E-state index in [1.807, 2.05) is 0 Å². The lowest BCUT2D eigenvalue weighted by molar-refractivity contribution is -0.0494. The van der Waals surface area contributed by atoms with E-state index in [0.29, 0.717) is 11.2 Å². The summed E-state index contributed by atoms with van der Waals surface area (Å²) in [6.07, 6.45) is 3.65. The lowest BCUT2D eigenvalue weighted by atomic mass is 10.1. The summed E-state index contributed by atoms with van der Waals surface area (Å²) >= 11 is 0. The first kappa shape index (κ1) is 24.5. The van der Waals surface area contributed by atoms with Gasteiger partial charge in [-0.1, -0.05) is 0 Å². The molecule has 1 aromatic carbocycles. The second kappa shape index (κ2) is 9.56.